The molecule has 0 radical (unpaired) electrons. The minimum absolute atomic E-state index is 0.158. The number of anilines is 1. The summed E-state index contributed by atoms with van der Waals surface area (Å²) < 4.78 is 2.20. The van der Waals surface area contributed by atoms with Gasteiger partial charge in [0.1, 0.15) is 0 Å². The zero-order chi connectivity index (χ0) is 22.9. The van der Waals surface area contributed by atoms with Gasteiger partial charge < -0.3 is 14.8 Å². The van der Waals surface area contributed by atoms with Crippen LogP contribution in [0.3, 0.4) is 0 Å². The van der Waals surface area contributed by atoms with Crippen LogP contribution in [0.2, 0.25) is 5.02 Å². The second-order valence-electron chi connectivity index (χ2n) is 8.45. The van der Waals surface area contributed by atoms with Crippen LogP contribution in [0.25, 0.3) is 5.69 Å². The molecule has 0 spiro atoms. The number of carbonyl (C=O) groups is 1. The summed E-state index contributed by atoms with van der Waals surface area (Å²) in [5.41, 5.74) is 7.30. The molecule has 5 rings (SSSR count). The predicted octanol–water partition coefficient (Wildman–Crippen LogP) is 7.14. The highest BCUT2D eigenvalue weighted by molar-refractivity contribution is 6.31. The molecule has 4 nitrogen and oxygen atoms in total. The fourth-order valence-electron chi connectivity index (χ4n) is 4.54. The molecule has 1 N–H and O–H groups in total. The highest BCUT2D eigenvalue weighted by Gasteiger charge is 2.33. The average molecular weight is 456 g/mol. The lowest BCUT2D eigenvalue weighted by atomic mass is 10.00. The van der Waals surface area contributed by atoms with Crippen molar-refractivity contribution in [3.8, 4) is 5.69 Å². The molecule has 0 fully saturated rings. The third-order valence-corrected chi connectivity index (χ3v) is 6.60. The summed E-state index contributed by atoms with van der Waals surface area (Å²) in [6.45, 7) is 4.61. The van der Waals surface area contributed by atoms with Crippen molar-refractivity contribution in [3.63, 3.8) is 0 Å². The molecule has 3 aromatic carbocycles. The Labute approximate surface area is 199 Å². The Morgan fingerprint density at radius 2 is 1.82 bits per heavy atom. The summed E-state index contributed by atoms with van der Waals surface area (Å²) in [5.74, 6) is 0. The fourth-order valence-corrected chi connectivity index (χ4v) is 4.71. The quantitative estimate of drug-likeness (QED) is 0.350. The molecule has 1 aliphatic heterocycles. The van der Waals surface area contributed by atoms with Gasteiger partial charge in [0.05, 0.1) is 18.3 Å². The van der Waals surface area contributed by atoms with E-state index in [9.17, 15) is 4.79 Å². The van der Waals surface area contributed by atoms with Crippen molar-refractivity contribution < 1.29 is 4.79 Å². The zero-order valence-corrected chi connectivity index (χ0v) is 19.5. The largest absolute Gasteiger partial charge is 0.322 e. The first kappa shape index (κ1) is 21.4. The smallest absolute Gasteiger partial charge is 0.318 e. The van der Waals surface area contributed by atoms with Gasteiger partial charge in [-0.3, -0.25) is 0 Å². The molecule has 166 valence electrons. The molecule has 5 heteroatoms. The van der Waals surface area contributed by atoms with Crippen LogP contribution in [0.5, 0.6) is 0 Å². The maximum Gasteiger partial charge on any atom is 0.322 e. The number of benzene rings is 3. The summed E-state index contributed by atoms with van der Waals surface area (Å²) in [4.78, 5) is 15.7. The number of hydrogen-bond donors (Lipinski definition) is 1. The van der Waals surface area contributed by atoms with Gasteiger partial charge >= 0.3 is 6.03 Å². The normalized spacial score (nSPS) is 14.9. The lowest BCUT2D eigenvalue weighted by Gasteiger charge is -2.31. The Balaban J connectivity index is 1.63. The van der Waals surface area contributed by atoms with E-state index in [-0.39, 0.29) is 12.1 Å². The van der Waals surface area contributed by atoms with Crippen LogP contribution in [-0.4, -0.2) is 15.5 Å². The Morgan fingerprint density at radius 3 is 2.61 bits per heavy atom. The summed E-state index contributed by atoms with van der Waals surface area (Å²) in [6.07, 6.45) is 3.05. The number of para-hydroxylation sites is 1. The van der Waals surface area contributed by atoms with E-state index >= 15 is 0 Å². The van der Waals surface area contributed by atoms with Crippen molar-refractivity contribution in [2.45, 2.75) is 32.9 Å². The molecular weight excluding hydrogens is 430 g/mol. The SMILES string of the molecule is CCc1ccc(C2c3cccn3-c3ccccc3CN2C(=O)Nc2cc(Cl)ccc2C)cc1. The van der Waals surface area contributed by atoms with Crippen LogP contribution in [0.15, 0.2) is 85.1 Å². The number of nitrogens with zero attached hydrogens (tertiary/aromatic N) is 2. The third-order valence-electron chi connectivity index (χ3n) is 6.37. The summed E-state index contributed by atoms with van der Waals surface area (Å²) >= 11 is 6.22. The standard InChI is InChI=1S/C28H26ClN3O/c1-3-20-11-13-21(14-12-20)27-26-9-6-16-31(26)25-8-5-4-7-22(25)18-32(27)28(33)30-24-17-23(29)15-10-19(24)2/h4-17,27H,3,18H2,1-2H3,(H,30,33). The Kier molecular flexibility index (Phi) is 5.69. The molecule has 33 heavy (non-hydrogen) atoms. The van der Waals surface area contributed by atoms with Crippen LogP contribution in [0.1, 0.15) is 40.9 Å². The lowest BCUT2D eigenvalue weighted by Crippen LogP contribution is -2.38. The number of nitrogens with one attached hydrogen (secondary N) is 1. The highest BCUT2D eigenvalue weighted by Crippen LogP contribution is 2.37. The number of halogens is 1. The van der Waals surface area contributed by atoms with Crippen molar-refractivity contribution in [2.24, 2.45) is 0 Å². The van der Waals surface area contributed by atoms with Gasteiger partial charge in [-0.05, 0) is 65.9 Å². The first-order chi connectivity index (χ1) is 16.0. The first-order valence-corrected chi connectivity index (χ1v) is 11.6. The number of fused-ring (bicyclic) bond motifs is 3. The van der Waals surface area contributed by atoms with E-state index in [0.717, 1.165) is 40.2 Å². The van der Waals surface area contributed by atoms with Gasteiger partial charge in [0.25, 0.3) is 0 Å². The predicted molar refractivity (Wildman–Crippen MR) is 134 cm³/mol. The van der Waals surface area contributed by atoms with E-state index in [4.69, 9.17) is 11.6 Å². The minimum Gasteiger partial charge on any atom is -0.318 e. The minimum atomic E-state index is -0.238. The topological polar surface area (TPSA) is 37.3 Å². The van der Waals surface area contributed by atoms with Gasteiger partial charge in [-0.1, -0.05) is 67.1 Å². The molecule has 1 aliphatic rings. The van der Waals surface area contributed by atoms with Gasteiger partial charge in [0.15, 0.2) is 0 Å². The van der Waals surface area contributed by atoms with Crippen molar-refractivity contribution in [2.75, 3.05) is 5.32 Å². The van der Waals surface area contributed by atoms with Gasteiger partial charge in [-0.2, -0.15) is 0 Å². The van der Waals surface area contributed by atoms with Gasteiger partial charge in [0.2, 0.25) is 0 Å². The summed E-state index contributed by atoms with van der Waals surface area (Å²) in [7, 11) is 0. The van der Waals surface area contributed by atoms with E-state index in [0.29, 0.717) is 11.6 Å². The van der Waals surface area contributed by atoms with Crippen LogP contribution >= 0.6 is 11.6 Å². The maximum absolute atomic E-state index is 13.8. The lowest BCUT2D eigenvalue weighted by molar-refractivity contribution is 0.194. The second-order valence-corrected chi connectivity index (χ2v) is 8.88. The number of aryl methyl sites for hydroxylation is 2. The molecule has 2 heterocycles. The molecule has 0 bridgehead atoms. The van der Waals surface area contributed by atoms with Gasteiger partial charge in [-0.15, -0.1) is 0 Å². The van der Waals surface area contributed by atoms with Crippen LogP contribution in [-0.2, 0) is 13.0 Å². The van der Waals surface area contributed by atoms with Gasteiger partial charge in [0, 0.05) is 22.6 Å². The Hall–Kier alpha value is -3.50. The van der Waals surface area contributed by atoms with Crippen LogP contribution in [0, 0.1) is 6.92 Å². The molecule has 1 unspecified atom stereocenters. The molecule has 1 aromatic heterocycles. The van der Waals surface area contributed by atoms with E-state index in [1.807, 2.05) is 42.2 Å². The summed E-state index contributed by atoms with van der Waals surface area (Å²) in [5, 5.41) is 3.71. The number of urea groups is 1. The Bertz CT molecular complexity index is 1310. The number of hydrogen-bond acceptors (Lipinski definition) is 1. The molecule has 0 aliphatic carbocycles. The van der Waals surface area contributed by atoms with E-state index < -0.39 is 0 Å². The maximum atomic E-state index is 13.8. The molecule has 1 atom stereocenters. The molecule has 0 saturated carbocycles. The van der Waals surface area contributed by atoms with Crippen molar-refractivity contribution in [1.29, 1.82) is 0 Å². The van der Waals surface area contributed by atoms with E-state index in [1.54, 1.807) is 6.07 Å². The molecule has 0 saturated heterocycles. The number of carbonyl (C=O) groups excluding carboxylic acids is 1. The zero-order valence-electron chi connectivity index (χ0n) is 18.8. The van der Waals surface area contributed by atoms with Crippen LogP contribution < -0.4 is 5.32 Å². The van der Waals surface area contributed by atoms with Gasteiger partial charge in [-0.25, -0.2) is 4.79 Å². The molecular formula is C28H26ClN3O. The van der Waals surface area contributed by atoms with Crippen molar-refractivity contribution >= 4 is 23.3 Å². The van der Waals surface area contributed by atoms with Crippen LogP contribution in [0.4, 0.5) is 10.5 Å². The highest BCUT2D eigenvalue weighted by atomic mass is 35.5. The number of rotatable bonds is 3. The molecule has 2 amide bonds. The van der Waals surface area contributed by atoms with E-state index in [2.05, 4.69) is 65.5 Å². The number of amides is 2. The monoisotopic (exact) mass is 455 g/mol. The average Bonchev–Trinajstić information content (AvgIpc) is 3.26. The third kappa shape index (κ3) is 4.03. The first-order valence-electron chi connectivity index (χ1n) is 11.2. The van der Waals surface area contributed by atoms with Crippen molar-refractivity contribution in [3.05, 3.63) is 118 Å². The number of aromatic nitrogens is 1. The second kappa shape index (κ2) is 8.80. The summed E-state index contributed by atoms with van der Waals surface area (Å²) in [6, 6.07) is 26.1. The fraction of sp³-hybridized carbons (Fsp3) is 0.179. The van der Waals surface area contributed by atoms with Crippen molar-refractivity contribution in [1.82, 2.24) is 9.47 Å². The van der Waals surface area contributed by atoms with E-state index in [1.165, 1.54) is 5.56 Å². The Morgan fingerprint density at radius 1 is 1.03 bits per heavy atom. The molecule has 4 aromatic rings.